The zero-order valence-electron chi connectivity index (χ0n) is 16.8. The highest BCUT2D eigenvalue weighted by atomic mass is 79.9. The summed E-state index contributed by atoms with van der Waals surface area (Å²) in [4.78, 5) is 11.9. The molecule has 0 aliphatic carbocycles. The van der Waals surface area contributed by atoms with Gasteiger partial charge < -0.3 is 14.2 Å². The Morgan fingerprint density at radius 1 is 1.10 bits per heavy atom. The van der Waals surface area contributed by atoms with E-state index in [4.69, 9.17) is 14.2 Å². The van der Waals surface area contributed by atoms with Crippen molar-refractivity contribution in [1.29, 1.82) is 0 Å². The van der Waals surface area contributed by atoms with Crippen molar-refractivity contribution in [3.05, 3.63) is 52.5 Å². The Hall–Kier alpha value is -2.54. The molecule has 0 spiro atoms. The Morgan fingerprint density at radius 3 is 2.72 bits per heavy atom. The van der Waals surface area contributed by atoms with E-state index >= 15 is 0 Å². The molecule has 29 heavy (non-hydrogen) atoms. The van der Waals surface area contributed by atoms with E-state index in [9.17, 15) is 4.79 Å². The zero-order chi connectivity index (χ0) is 20.9. The maximum Gasteiger partial charge on any atom is 0.277 e. The number of rotatable bonds is 12. The Kier molecular flexibility index (Phi) is 10.1. The molecule has 0 aliphatic heterocycles. The lowest BCUT2D eigenvalue weighted by Gasteiger charge is -2.11. The predicted octanol–water partition coefficient (Wildman–Crippen LogP) is 4.95. The molecule has 0 saturated heterocycles. The van der Waals surface area contributed by atoms with Crippen LogP contribution in [0.2, 0.25) is 0 Å². The Labute approximate surface area is 180 Å². The van der Waals surface area contributed by atoms with E-state index in [2.05, 4.69) is 33.4 Å². The van der Waals surface area contributed by atoms with Crippen LogP contribution in [0.15, 0.2) is 52.0 Å². The molecule has 0 aromatic heterocycles. The second kappa shape index (κ2) is 12.8. The van der Waals surface area contributed by atoms with Crippen LogP contribution < -0.4 is 19.6 Å². The number of carbonyl (C=O) groups is 1. The number of hydrogen-bond donors (Lipinski definition) is 1. The number of hydrogen-bond acceptors (Lipinski definition) is 5. The fourth-order valence-corrected chi connectivity index (χ4v) is 2.89. The van der Waals surface area contributed by atoms with Gasteiger partial charge in [-0.15, -0.1) is 0 Å². The first-order valence-electron chi connectivity index (χ1n) is 9.63. The molecule has 7 heteroatoms. The highest BCUT2D eigenvalue weighted by Crippen LogP contribution is 2.27. The summed E-state index contributed by atoms with van der Waals surface area (Å²) >= 11 is 3.35. The summed E-state index contributed by atoms with van der Waals surface area (Å²) in [6.07, 6.45) is 6.15. The van der Waals surface area contributed by atoms with E-state index in [1.807, 2.05) is 30.3 Å². The largest absolute Gasteiger partial charge is 0.493 e. The standard InChI is InChI=1S/C22H27BrN2O4/c1-3-4-5-6-12-28-20-11-10-17(13-21(20)27-2)15-24-25-22(26)16-29-19-9-7-8-18(23)14-19/h7-11,13-15H,3-6,12,16H2,1-2H3,(H,25,26). The molecule has 0 aliphatic rings. The fourth-order valence-electron chi connectivity index (χ4n) is 2.51. The first-order valence-corrected chi connectivity index (χ1v) is 10.4. The third kappa shape index (κ3) is 8.56. The van der Waals surface area contributed by atoms with Gasteiger partial charge in [-0.1, -0.05) is 48.2 Å². The van der Waals surface area contributed by atoms with Gasteiger partial charge in [-0.05, 0) is 48.4 Å². The molecule has 1 amide bonds. The van der Waals surface area contributed by atoms with Crippen molar-refractivity contribution >= 4 is 28.1 Å². The lowest BCUT2D eigenvalue weighted by atomic mass is 10.2. The number of benzene rings is 2. The number of halogens is 1. The number of hydrazone groups is 1. The molecular weight excluding hydrogens is 436 g/mol. The van der Waals surface area contributed by atoms with E-state index in [1.54, 1.807) is 25.5 Å². The fraction of sp³-hybridized carbons (Fsp3) is 0.364. The monoisotopic (exact) mass is 462 g/mol. The molecule has 2 rings (SSSR count). The van der Waals surface area contributed by atoms with Crippen molar-refractivity contribution in [3.8, 4) is 17.2 Å². The zero-order valence-corrected chi connectivity index (χ0v) is 18.4. The lowest BCUT2D eigenvalue weighted by molar-refractivity contribution is -0.123. The summed E-state index contributed by atoms with van der Waals surface area (Å²) in [6.45, 7) is 2.72. The van der Waals surface area contributed by atoms with Gasteiger partial charge in [0.05, 0.1) is 19.9 Å². The number of carbonyl (C=O) groups excluding carboxylic acids is 1. The van der Waals surface area contributed by atoms with Crippen LogP contribution in [0, 0.1) is 0 Å². The number of nitrogens with zero attached hydrogens (tertiary/aromatic N) is 1. The molecule has 1 N–H and O–H groups in total. The SMILES string of the molecule is CCCCCCOc1ccc(C=NNC(=O)COc2cccc(Br)c2)cc1OC. The Morgan fingerprint density at radius 2 is 1.97 bits per heavy atom. The maximum atomic E-state index is 11.9. The van der Waals surface area contributed by atoms with Gasteiger partial charge in [0.2, 0.25) is 0 Å². The van der Waals surface area contributed by atoms with Gasteiger partial charge in [-0.2, -0.15) is 5.10 Å². The second-order valence-corrected chi connectivity index (χ2v) is 7.27. The van der Waals surface area contributed by atoms with Crippen LogP contribution in [0.5, 0.6) is 17.2 Å². The molecule has 0 heterocycles. The van der Waals surface area contributed by atoms with Gasteiger partial charge in [-0.3, -0.25) is 4.79 Å². The van der Waals surface area contributed by atoms with Crippen LogP contribution in [-0.2, 0) is 4.79 Å². The summed E-state index contributed by atoms with van der Waals surface area (Å²) in [6, 6.07) is 12.8. The van der Waals surface area contributed by atoms with Gasteiger partial charge >= 0.3 is 0 Å². The molecule has 2 aromatic rings. The molecule has 0 atom stereocenters. The third-order valence-corrected chi connectivity index (χ3v) is 4.51. The minimum absolute atomic E-state index is 0.123. The van der Waals surface area contributed by atoms with Crippen LogP contribution in [-0.4, -0.2) is 32.4 Å². The number of unbranched alkanes of at least 4 members (excludes halogenated alkanes) is 3. The number of methoxy groups -OCH3 is 1. The quantitative estimate of drug-likeness (QED) is 0.275. The first kappa shape index (κ1) is 22.7. The van der Waals surface area contributed by atoms with Gasteiger partial charge in [0.25, 0.3) is 5.91 Å². The number of amides is 1. The second-order valence-electron chi connectivity index (χ2n) is 6.36. The van der Waals surface area contributed by atoms with Crippen molar-refractivity contribution in [2.24, 2.45) is 5.10 Å². The van der Waals surface area contributed by atoms with Gasteiger partial charge in [0, 0.05) is 4.47 Å². The Balaban J connectivity index is 1.80. The summed E-state index contributed by atoms with van der Waals surface area (Å²) in [5, 5.41) is 3.96. The molecule has 0 fully saturated rings. The van der Waals surface area contributed by atoms with Crippen LogP contribution in [0.3, 0.4) is 0 Å². The third-order valence-electron chi connectivity index (χ3n) is 4.01. The minimum Gasteiger partial charge on any atom is -0.493 e. The van der Waals surface area contributed by atoms with E-state index in [1.165, 1.54) is 12.8 Å². The van der Waals surface area contributed by atoms with Gasteiger partial charge in [0.15, 0.2) is 18.1 Å². The molecule has 156 valence electrons. The van der Waals surface area contributed by atoms with Crippen molar-refractivity contribution in [1.82, 2.24) is 5.43 Å². The molecule has 6 nitrogen and oxygen atoms in total. The van der Waals surface area contributed by atoms with E-state index in [0.717, 1.165) is 22.9 Å². The number of ether oxygens (including phenoxy) is 3. The van der Waals surface area contributed by atoms with Crippen molar-refractivity contribution < 1.29 is 19.0 Å². The van der Waals surface area contributed by atoms with Gasteiger partial charge in [0.1, 0.15) is 5.75 Å². The smallest absolute Gasteiger partial charge is 0.277 e. The van der Waals surface area contributed by atoms with Crippen LogP contribution in [0.1, 0.15) is 38.2 Å². The molecule has 0 radical (unpaired) electrons. The Bertz CT molecular complexity index is 811. The highest BCUT2D eigenvalue weighted by molar-refractivity contribution is 9.10. The highest BCUT2D eigenvalue weighted by Gasteiger charge is 2.06. The van der Waals surface area contributed by atoms with E-state index < -0.39 is 0 Å². The van der Waals surface area contributed by atoms with Crippen LogP contribution in [0.4, 0.5) is 0 Å². The average Bonchev–Trinajstić information content (AvgIpc) is 2.73. The van der Waals surface area contributed by atoms with Crippen LogP contribution >= 0.6 is 15.9 Å². The average molecular weight is 463 g/mol. The molecular formula is C22H27BrN2O4. The van der Waals surface area contributed by atoms with E-state index in [0.29, 0.717) is 23.9 Å². The van der Waals surface area contributed by atoms with Crippen molar-refractivity contribution in [2.75, 3.05) is 20.3 Å². The summed E-state index contributed by atoms with van der Waals surface area (Å²) in [5.41, 5.74) is 3.23. The van der Waals surface area contributed by atoms with Crippen LogP contribution in [0.25, 0.3) is 0 Å². The first-order chi connectivity index (χ1) is 14.1. The number of nitrogens with one attached hydrogen (secondary N) is 1. The summed E-state index contributed by atoms with van der Waals surface area (Å²) in [5.74, 6) is 1.59. The normalized spacial score (nSPS) is 10.7. The van der Waals surface area contributed by atoms with Crippen molar-refractivity contribution in [2.45, 2.75) is 32.6 Å². The predicted molar refractivity (Wildman–Crippen MR) is 118 cm³/mol. The van der Waals surface area contributed by atoms with Gasteiger partial charge in [-0.25, -0.2) is 5.43 Å². The molecule has 0 unspecified atom stereocenters. The van der Waals surface area contributed by atoms with Crippen molar-refractivity contribution in [3.63, 3.8) is 0 Å². The molecule has 0 bridgehead atoms. The molecule has 0 saturated carbocycles. The summed E-state index contributed by atoms with van der Waals surface area (Å²) in [7, 11) is 1.60. The minimum atomic E-state index is -0.347. The topological polar surface area (TPSA) is 69.2 Å². The lowest BCUT2D eigenvalue weighted by Crippen LogP contribution is -2.24. The maximum absolute atomic E-state index is 11.9. The molecule has 2 aromatic carbocycles. The summed E-state index contributed by atoms with van der Waals surface area (Å²) < 4.78 is 17.5. The van der Waals surface area contributed by atoms with E-state index in [-0.39, 0.29) is 12.5 Å².